The van der Waals surface area contributed by atoms with E-state index in [1.54, 1.807) is 0 Å². The maximum absolute atomic E-state index is 5.92. The van der Waals surface area contributed by atoms with Gasteiger partial charge in [-0.2, -0.15) is 0 Å². The zero-order valence-electron chi connectivity index (χ0n) is 10.1. The highest BCUT2D eigenvalue weighted by molar-refractivity contribution is 6.54. The summed E-state index contributed by atoms with van der Waals surface area (Å²) >= 11 is 0. The van der Waals surface area contributed by atoms with Gasteiger partial charge < -0.3 is 19.5 Å². The van der Waals surface area contributed by atoms with Gasteiger partial charge in [0.05, 0.1) is 23.5 Å². The molecule has 15 heavy (non-hydrogen) atoms. The van der Waals surface area contributed by atoms with E-state index in [0.29, 0.717) is 0 Å². The minimum Gasteiger partial charge on any atom is -0.398 e. The third-order valence-corrected chi connectivity index (χ3v) is 3.40. The first-order chi connectivity index (χ1) is 6.82. The van der Waals surface area contributed by atoms with Gasteiger partial charge in [-0.3, -0.25) is 0 Å². The van der Waals surface area contributed by atoms with Crippen LogP contribution < -0.4 is 5.32 Å². The molecule has 0 saturated carbocycles. The summed E-state index contributed by atoms with van der Waals surface area (Å²) < 4.78 is 11.8. The van der Waals surface area contributed by atoms with Crippen molar-refractivity contribution in [2.45, 2.75) is 38.9 Å². The average Bonchev–Trinajstić information content (AvgIpc) is 2.56. The predicted molar refractivity (Wildman–Crippen MR) is 59.9 cm³/mol. The highest BCUT2D eigenvalue weighted by Crippen LogP contribution is 2.38. The van der Waals surface area contributed by atoms with E-state index in [-0.39, 0.29) is 18.3 Å². The lowest BCUT2D eigenvalue weighted by molar-refractivity contribution is 0.00578. The van der Waals surface area contributed by atoms with E-state index in [9.17, 15) is 0 Å². The monoisotopic (exact) mass is 210 g/mol. The van der Waals surface area contributed by atoms with Gasteiger partial charge in [0.1, 0.15) is 0 Å². The third-order valence-electron chi connectivity index (χ3n) is 3.40. The Morgan fingerprint density at radius 2 is 1.80 bits per heavy atom. The first-order valence-corrected chi connectivity index (χ1v) is 5.33. The Balaban J connectivity index is 2.13. The highest BCUT2D eigenvalue weighted by Gasteiger charge is 2.53. The van der Waals surface area contributed by atoms with Gasteiger partial charge in [-0.05, 0) is 27.7 Å². The van der Waals surface area contributed by atoms with Gasteiger partial charge in [-0.15, -0.1) is 0 Å². The Labute approximate surface area is 91.8 Å². The van der Waals surface area contributed by atoms with Crippen molar-refractivity contribution in [2.75, 3.05) is 13.7 Å². The molecule has 1 saturated heterocycles. The summed E-state index contributed by atoms with van der Waals surface area (Å²) in [6.45, 7) is 9.07. The topological polar surface area (TPSA) is 33.7 Å². The second kappa shape index (κ2) is 3.16. The first kappa shape index (κ1) is 10.8. The number of hydrogen-bond donors (Lipinski definition) is 1. The van der Waals surface area contributed by atoms with Crippen molar-refractivity contribution < 1.29 is 9.31 Å². The van der Waals surface area contributed by atoms with E-state index in [2.05, 4.69) is 37.9 Å². The molecule has 0 spiro atoms. The fourth-order valence-corrected chi connectivity index (χ4v) is 1.66. The molecule has 2 aliphatic heterocycles. The van der Waals surface area contributed by atoms with Crippen molar-refractivity contribution >= 4 is 7.12 Å². The van der Waals surface area contributed by atoms with E-state index in [1.165, 1.54) is 0 Å². The molecule has 2 aliphatic rings. The van der Waals surface area contributed by atoms with Crippen molar-refractivity contribution in [3.8, 4) is 0 Å². The summed E-state index contributed by atoms with van der Waals surface area (Å²) in [4.78, 5) is 2.07. The van der Waals surface area contributed by atoms with Crippen LogP contribution >= 0.6 is 0 Å². The zero-order valence-corrected chi connectivity index (χ0v) is 10.1. The van der Waals surface area contributed by atoms with Gasteiger partial charge in [0.2, 0.25) is 0 Å². The lowest BCUT2D eigenvalue weighted by Gasteiger charge is -2.32. The molecule has 0 bridgehead atoms. The number of hydrogen-bond acceptors (Lipinski definition) is 4. The molecule has 0 aromatic heterocycles. The van der Waals surface area contributed by atoms with Gasteiger partial charge in [0, 0.05) is 13.2 Å². The molecular weight excluding hydrogens is 191 g/mol. The second-order valence-corrected chi connectivity index (χ2v) is 5.26. The Bertz CT molecular complexity index is 286. The van der Waals surface area contributed by atoms with Crippen LogP contribution in [0.2, 0.25) is 0 Å². The van der Waals surface area contributed by atoms with Crippen LogP contribution in [0, 0.1) is 0 Å². The van der Waals surface area contributed by atoms with Crippen LogP contribution in [-0.2, 0) is 9.31 Å². The molecule has 1 N–H and O–H groups in total. The quantitative estimate of drug-likeness (QED) is 0.653. The highest BCUT2D eigenvalue weighted by atomic mass is 16.7. The second-order valence-electron chi connectivity index (χ2n) is 5.26. The average molecular weight is 210 g/mol. The Hall–Kier alpha value is -0.675. The first-order valence-electron chi connectivity index (χ1n) is 5.33. The molecule has 0 radical (unpaired) electrons. The lowest BCUT2D eigenvalue weighted by Crippen LogP contribution is -2.41. The summed E-state index contributed by atoms with van der Waals surface area (Å²) in [6.07, 6.45) is 2.03. The molecule has 2 heterocycles. The van der Waals surface area contributed by atoms with Crippen LogP contribution in [0.25, 0.3) is 0 Å². The maximum Gasteiger partial charge on any atom is 0.513 e. The minimum atomic E-state index is -0.264. The van der Waals surface area contributed by atoms with Gasteiger partial charge in [-0.25, -0.2) is 0 Å². The molecule has 0 aromatic rings. The van der Waals surface area contributed by atoms with Crippen LogP contribution in [0.4, 0.5) is 0 Å². The minimum absolute atomic E-state index is 0.263. The Morgan fingerprint density at radius 1 is 1.27 bits per heavy atom. The molecule has 0 aromatic carbocycles. The van der Waals surface area contributed by atoms with Gasteiger partial charge in [0.25, 0.3) is 0 Å². The van der Waals surface area contributed by atoms with E-state index in [4.69, 9.17) is 9.31 Å². The van der Waals surface area contributed by atoms with Crippen LogP contribution in [0.3, 0.4) is 0 Å². The van der Waals surface area contributed by atoms with Crippen molar-refractivity contribution in [1.82, 2.24) is 10.2 Å². The van der Waals surface area contributed by atoms with E-state index in [1.807, 2.05) is 13.2 Å². The maximum atomic E-state index is 5.92. The predicted octanol–water partition coefficient (Wildman–Crippen LogP) is 0.952. The molecule has 0 unspecified atom stereocenters. The third kappa shape index (κ3) is 1.74. The van der Waals surface area contributed by atoms with Crippen LogP contribution in [0.15, 0.2) is 11.8 Å². The Kier molecular flexibility index (Phi) is 2.28. The smallest absolute Gasteiger partial charge is 0.398 e. The zero-order chi connectivity index (χ0) is 11.3. The van der Waals surface area contributed by atoms with Crippen LogP contribution in [0.1, 0.15) is 27.7 Å². The largest absolute Gasteiger partial charge is 0.513 e. The fourth-order valence-electron chi connectivity index (χ4n) is 1.66. The van der Waals surface area contributed by atoms with Gasteiger partial charge in [-0.1, -0.05) is 0 Å². The summed E-state index contributed by atoms with van der Waals surface area (Å²) in [5, 5.41) is 3.26. The molecule has 84 valence electrons. The Morgan fingerprint density at radius 3 is 2.20 bits per heavy atom. The van der Waals surface area contributed by atoms with E-state index in [0.717, 1.165) is 12.3 Å². The van der Waals surface area contributed by atoms with Crippen molar-refractivity contribution in [2.24, 2.45) is 0 Å². The number of nitrogens with one attached hydrogen (secondary N) is 1. The van der Waals surface area contributed by atoms with Crippen LogP contribution in [-0.4, -0.2) is 36.9 Å². The molecular formula is C10H19BN2O2. The molecule has 2 rings (SSSR count). The number of nitrogens with zero attached hydrogens (tertiary/aromatic N) is 1. The van der Waals surface area contributed by atoms with Gasteiger partial charge in [0.15, 0.2) is 0 Å². The standard InChI is InChI=1S/C10H19BN2O2/c1-9(2)10(3,4)15-11(14-9)8-6-13(5)7-12-8/h6,12H,7H2,1-5H3. The molecule has 5 heteroatoms. The summed E-state index contributed by atoms with van der Waals surface area (Å²) in [5.41, 5.74) is 0.485. The fraction of sp³-hybridized carbons (Fsp3) is 0.800. The van der Waals surface area contributed by atoms with Crippen molar-refractivity contribution in [3.63, 3.8) is 0 Å². The molecule has 0 atom stereocenters. The van der Waals surface area contributed by atoms with E-state index >= 15 is 0 Å². The summed E-state index contributed by atoms with van der Waals surface area (Å²) in [7, 11) is 1.76. The molecule has 0 amide bonds. The molecule has 4 nitrogen and oxygen atoms in total. The molecule has 0 aliphatic carbocycles. The molecule has 1 fully saturated rings. The summed E-state index contributed by atoms with van der Waals surface area (Å²) in [6, 6.07) is 0. The van der Waals surface area contributed by atoms with Gasteiger partial charge >= 0.3 is 7.12 Å². The van der Waals surface area contributed by atoms with E-state index < -0.39 is 0 Å². The van der Waals surface area contributed by atoms with Crippen molar-refractivity contribution in [3.05, 3.63) is 11.8 Å². The SMILES string of the molecule is CN1C=C(B2OC(C)(C)C(C)(C)O2)NC1. The van der Waals surface area contributed by atoms with Crippen molar-refractivity contribution in [1.29, 1.82) is 0 Å². The van der Waals surface area contributed by atoms with Crippen LogP contribution in [0.5, 0.6) is 0 Å². The summed E-state index contributed by atoms with van der Waals surface area (Å²) in [5.74, 6) is 0. The lowest BCUT2D eigenvalue weighted by atomic mass is 9.85. The normalized spacial score (nSPS) is 27.9. The number of rotatable bonds is 1.